The molecule has 4 heterocycles. The molecule has 2 aliphatic heterocycles. The SMILES string of the molecule is CCOc1nc(C)cc2c1c(=O)cc(NCCN1Cc3ccccc3C1)n2CCN1Cc2ccccc2C1. The lowest BCUT2D eigenvalue weighted by Crippen LogP contribution is -2.27. The van der Waals surface area contributed by atoms with Gasteiger partial charge in [0, 0.05) is 64.1 Å². The third-order valence-electron chi connectivity index (χ3n) is 7.66. The first-order chi connectivity index (χ1) is 18.6. The Morgan fingerprint density at radius 1 is 0.842 bits per heavy atom. The molecule has 0 spiro atoms. The van der Waals surface area contributed by atoms with Crippen LogP contribution < -0.4 is 15.5 Å². The molecule has 2 aliphatic rings. The van der Waals surface area contributed by atoms with Gasteiger partial charge in [0.05, 0.1) is 12.1 Å². The van der Waals surface area contributed by atoms with Crippen LogP contribution in [-0.2, 0) is 32.7 Å². The number of hydrogen-bond donors (Lipinski definition) is 1. The van der Waals surface area contributed by atoms with Gasteiger partial charge in [-0.15, -0.1) is 0 Å². The first-order valence-electron chi connectivity index (χ1n) is 13.6. The number of benzene rings is 2. The van der Waals surface area contributed by atoms with Gasteiger partial charge in [0.1, 0.15) is 11.2 Å². The summed E-state index contributed by atoms with van der Waals surface area (Å²) in [6.45, 7) is 11.5. The molecule has 0 bridgehead atoms. The monoisotopic (exact) mass is 509 g/mol. The van der Waals surface area contributed by atoms with Crippen LogP contribution in [0.25, 0.3) is 10.9 Å². The summed E-state index contributed by atoms with van der Waals surface area (Å²) in [5.74, 6) is 1.28. The van der Waals surface area contributed by atoms with Crippen molar-refractivity contribution >= 4 is 16.7 Å². The largest absolute Gasteiger partial charge is 0.477 e. The smallest absolute Gasteiger partial charge is 0.227 e. The van der Waals surface area contributed by atoms with Crippen LogP contribution in [0.4, 0.5) is 5.82 Å². The number of nitrogens with one attached hydrogen (secondary N) is 1. The number of hydrogen-bond acceptors (Lipinski definition) is 6. The summed E-state index contributed by atoms with van der Waals surface area (Å²) in [4.78, 5) is 22.8. The second kappa shape index (κ2) is 10.6. The second-order valence-corrected chi connectivity index (χ2v) is 10.3. The van der Waals surface area contributed by atoms with Crippen LogP contribution in [0.3, 0.4) is 0 Å². The van der Waals surface area contributed by atoms with Crippen molar-refractivity contribution in [3.8, 4) is 5.88 Å². The van der Waals surface area contributed by atoms with Crippen LogP contribution in [0.1, 0.15) is 34.9 Å². The minimum absolute atomic E-state index is 0.0585. The van der Waals surface area contributed by atoms with Gasteiger partial charge in [0.25, 0.3) is 0 Å². The Morgan fingerprint density at radius 2 is 1.42 bits per heavy atom. The highest BCUT2D eigenvalue weighted by molar-refractivity contribution is 5.86. The van der Waals surface area contributed by atoms with E-state index in [1.54, 1.807) is 6.07 Å². The average molecular weight is 510 g/mol. The summed E-state index contributed by atoms with van der Waals surface area (Å²) >= 11 is 0. The highest BCUT2D eigenvalue weighted by Gasteiger charge is 2.21. The molecule has 7 heteroatoms. The molecule has 2 aromatic heterocycles. The van der Waals surface area contributed by atoms with E-state index < -0.39 is 0 Å². The van der Waals surface area contributed by atoms with Gasteiger partial charge < -0.3 is 14.6 Å². The molecule has 0 amide bonds. The minimum atomic E-state index is -0.0585. The average Bonchev–Trinajstić information content (AvgIpc) is 3.51. The molecular weight excluding hydrogens is 474 g/mol. The lowest BCUT2D eigenvalue weighted by atomic mass is 10.1. The number of nitrogens with zero attached hydrogens (tertiary/aromatic N) is 4. The van der Waals surface area contributed by atoms with Gasteiger partial charge in [-0.1, -0.05) is 48.5 Å². The number of fused-ring (bicyclic) bond motifs is 3. The van der Waals surface area contributed by atoms with Gasteiger partial charge in [0.15, 0.2) is 5.43 Å². The van der Waals surface area contributed by atoms with Crippen LogP contribution in [0.5, 0.6) is 5.88 Å². The summed E-state index contributed by atoms with van der Waals surface area (Å²) < 4.78 is 8.06. The van der Waals surface area contributed by atoms with Crippen LogP contribution in [0, 0.1) is 6.92 Å². The Kier molecular flexibility index (Phi) is 6.87. The fraction of sp³-hybridized carbons (Fsp3) is 0.355. The van der Waals surface area contributed by atoms with Crippen molar-refractivity contribution in [1.82, 2.24) is 19.4 Å². The van der Waals surface area contributed by atoms with Crippen molar-refractivity contribution in [2.24, 2.45) is 0 Å². The van der Waals surface area contributed by atoms with Crippen molar-refractivity contribution in [2.75, 3.05) is 31.6 Å². The molecule has 0 saturated carbocycles. The fourth-order valence-electron chi connectivity index (χ4n) is 5.81. The standard InChI is InChI=1S/C31H35N5O2/c1-3-38-31-30-27(16-22(2)33-31)36(15-14-35-20-25-10-6-7-11-26(25)21-35)29(17-28(30)37)32-12-13-34-18-23-8-4-5-9-24(23)19-34/h4-11,16-17,32H,3,12-15,18-21H2,1-2H3. The van der Waals surface area contributed by atoms with E-state index in [0.29, 0.717) is 17.9 Å². The molecule has 0 fully saturated rings. The maximum Gasteiger partial charge on any atom is 0.227 e. The number of rotatable bonds is 9. The number of ether oxygens (including phenoxy) is 1. The Balaban J connectivity index is 1.25. The summed E-state index contributed by atoms with van der Waals surface area (Å²) in [5, 5.41) is 4.16. The van der Waals surface area contributed by atoms with Crippen LogP contribution in [0.2, 0.25) is 0 Å². The third kappa shape index (κ3) is 4.91. The van der Waals surface area contributed by atoms with Crippen molar-refractivity contribution in [1.29, 1.82) is 0 Å². The molecule has 38 heavy (non-hydrogen) atoms. The van der Waals surface area contributed by atoms with Crippen LogP contribution in [-0.4, -0.2) is 45.6 Å². The zero-order valence-electron chi connectivity index (χ0n) is 22.2. The van der Waals surface area contributed by atoms with Crippen molar-refractivity contribution in [2.45, 2.75) is 46.6 Å². The molecule has 0 radical (unpaired) electrons. The molecule has 6 rings (SSSR count). The predicted molar refractivity (Wildman–Crippen MR) is 152 cm³/mol. The number of aromatic nitrogens is 2. The van der Waals surface area contributed by atoms with E-state index in [9.17, 15) is 4.79 Å². The fourth-order valence-corrected chi connectivity index (χ4v) is 5.81. The summed E-state index contributed by atoms with van der Waals surface area (Å²) in [5.41, 5.74) is 7.29. The van der Waals surface area contributed by atoms with Gasteiger partial charge >= 0.3 is 0 Å². The van der Waals surface area contributed by atoms with E-state index in [1.807, 2.05) is 19.9 Å². The van der Waals surface area contributed by atoms with E-state index in [-0.39, 0.29) is 5.43 Å². The normalized spacial score (nSPS) is 15.1. The second-order valence-electron chi connectivity index (χ2n) is 10.3. The predicted octanol–water partition coefficient (Wildman–Crippen LogP) is 4.55. The summed E-state index contributed by atoms with van der Waals surface area (Å²) in [6.07, 6.45) is 0. The number of pyridine rings is 2. The van der Waals surface area contributed by atoms with Gasteiger partial charge in [0.2, 0.25) is 5.88 Å². The molecule has 7 nitrogen and oxygen atoms in total. The van der Waals surface area contributed by atoms with Crippen LogP contribution >= 0.6 is 0 Å². The molecule has 196 valence electrons. The van der Waals surface area contributed by atoms with E-state index in [4.69, 9.17) is 4.74 Å². The zero-order chi connectivity index (χ0) is 26.1. The summed E-state index contributed by atoms with van der Waals surface area (Å²) in [6, 6.07) is 21.1. The van der Waals surface area contributed by atoms with E-state index >= 15 is 0 Å². The quantitative estimate of drug-likeness (QED) is 0.357. The molecule has 0 aliphatic carbocycles. The number of anilines is 1. The maximum atomic E-state index is 13.3. The van der Waals surface area contributed by atoms with Gasteiger partial charge in [-0.25, -0.2) is 4.98 Å². The van der Waals surface area contributed by atoms with Gasteiger partial charge in [-0.3, -0.25) is 14.6 Å². The Labute approximate surface area is 223 Å². The molecule has 0 unspecified atom stereocenters. The topological polar surface area (TPSA) is 62.6 Å². The lowest BCUT2D eigenvalue weighted by molar-refractivity contribution is 0.273. The van der Waals surface area contributed by atoms with E-state index in [0.717, 1.165) is 69.4 Å². The van der Waals surface area contributed by atoms with Crippen molar-refractivity contribution in [3.63, 3.8) is 0 Å². The van der Waals surface area contributed by atoms with E-state index in [1.165, 1.54) is 22.3 Å². The first kappa shape index (κ1) is 24.6. The summed E-state index contributed by atoms with van der Waals surface area (Å²) in [7, 11) is 0. The Bertz CT molecular complexity index is 1480. The Hall–Kier alpha value is -3.68. The van der Waals surface area contributed by atoms with Crippen molar-refractivity contribution in [3.05, 3.63) is 98.8 Å². The molecule has 2 aromatic carbocycles. The highest BCUT2D eigenvalue weighted by atomic mass is 16.5. The zero-order valence-corrected chi connectivity index (χ0v) is 22.2. The molecule has 4 aromatic rings. The Morgan fingerprint density at radius 3 is 2.00 bits per heavy atom. The minimum Gasteiger partial charge on any atom is -0.477 e. The molecule has 0 atom stereocenters. The lowest BCUT2D eigenvalue weighted by Gasteiger charge is -2.23. The number of aryl methyl sites for hydroxylation is 1. The molecule has 0 saturated heterocycles. The van der Waals surface area contributed by atoms with E-state index in [2.05, 4.69) is 73.2 Å². The third-order valence-corrected chi connectivity index (χ3v) is 7.66. The highest BCUT2D eigenvalue weighted by Crippen LogP contribution is 2.27. The van der Waals surface area contributed by atoms with Gasteiger partial charge in [-0.05, 0) is 42.2 Å². The first-order valence-corrected chi connectivity index (χ1v) is 13.6. The van der Waals surface area contributed by atoms with Crippen LogP contribution in [0.15, 0.2) is 65.5 Å². The molecule has 1 N–H and O–H groups in total. The van der Waals surface area contributed by atoms with Crippen molar-refractivity contribution < 1.29 is 4.74 Å². The van der Waals surface area contributed by atoms with Gasteiger partial charge in [-0.2, -0.15) is 0 Å². The molecular formula is C31H35N5O2. The maximum absolute atomic E-state index is 13.3.